The highest BCUT2D eigenvalue weighted by Gasteiger charge is 2.39. The molecular weight excluding hydrogens is 228 g/mol. The summed E-state index contributed by atoms with van der Waals surface area (Å²) < 4.78 is 26.1. The van der Waals surface area contributed by atoms with Gasteiger partial charge in [0.05, 0.1) is 11.6 Å². The van der Waals surface area contributed by atoms with E-state index in [9.17, 15) is 13.6 Å². The molecule has 1 aliphatic carbocycles. The first-order valence-corrected chi connectivity index (χ1v) is 5.12. The number of carbonyl (C=O) groups is 1. The van der Waals surface area contributed by atoms with Crippen molar-refractivity contribution in [1.29, 1.82) is 5.26 Å². The standard InChI is InChI=1S/C11H9F2N3O/c12-8-7(2-5-15-9(8)13)10(17)16-11(6-14)3-1-4-11/h2,5H,1,3-4H2,(H,16,17). The summed E-state index contributed by atoms with van der Waals surface area (Å²) in [5, 5.41) is 11.3. The van der Waals surface area contributed by atoms with Gasteiger partial charge in [0.2, 0.25) is 5.95 Å². The number of pyridine rings is 1. The number of hydrogen-bond acceptors (Lipinski definition) is 3. The number of rotatable bonds is 2. The molecular formula is C11H9F2N3O. The molecule has 2 rings (SSSR count). The molecule has 1 aromatic heterocycles. The van der Waals surface area contributed by atoms with Crippen molar-refractivity contribution in [3.63, 3.8) is 0 Å². The third kappa shape index (κ3) is 1.96. The van der Waals surface area contributed by atoms with Gasteiger partial charge in [0.25, 0.3) is 5.91 Å². The Morgan fingerprint density at radius 2 is 2.24 bits per heavy atom. The fourth-order valence-electron chi connectivity index (χ4n) is 1.67. The van der Waals surface area contributed by atoms with Crippen molar-refractivity contribution in [2.45, 2.75) is 24.8 Å². The summed E-state index contributed by atoms with van der Waals surface area (Å²) in [5.41, 5.74) is -1.36. The van der Waals surface area contributed by atoms with Crippen molar-refractivity contribution in [3.8, 4) is 6.07 Å². The van der Waals surface area contributed by atoms with E-state index in [2.05, 4.69) is 10.3 Å². The molecule has 88 valence electrons. The molecule has 1 aliphatic rings. The Morgan fingerprint density at radius 1 is 1.53 bits per heavy atom. The quantitative estimate of drug-likeness (QED) is 0.793. The maximum atomic E-state index is 13.3. The molecule has 6 heteroatoms. The van der Waals surface area contributed by atoms with Crippen molar-refractivity contribution >= 4 is 5.91 Å². The molecule has 1 saturated carbocycles. The van der Waals surface area contributed by atoms with Crippen LogP contribution in [0.25, 0.3) is 0 Å². The predicted octanol–water partition coefficient (Wildman–Crippen LogP) is 1.54. The Kier molecular flexibility index (Phi) is 2.76. The lowest BCUT2D eigenvalue weighted by atomic mass is 9.78. The Hall–Kier alpha value is -2.03. The van der Waals surface area contributed by atoms with Gasteiger partial charge < -0.3 is 5.32 Å². The Labute approximate surface area is 96.3 Å². The van der Waals surface area contributed by atoms with Crippen LogP contribution in [0.3, 0.4) is 0 Å². The molecule has 0 spiro atoms. The zero-order valence-electron chi connectivity index (χ0n) is 8.83. The lowest BCUT2D eigenvalue weighted by Crippen LogP contribution is -2.52. The monoisotopic (exact) mass is 237 g/mol. The number of carbonyl (C=O) groups excluding carboxylic acids is 1. The molecule has 1 heterocycles. The first-order valence-electron chi connectivity index (χ1n) is 5.12. The average Bonchev–Trinajstić information content (AvgIpc) is 2.27. The number of amides is 1. The maximum Gasteiger partial charge on any atom is 0.255 e. The zero-order valence-corrected chi connectivity index (χ0v) is 8.83. The van der Waals surface area contributed by atoms with Crippen molar-refractivity contribution in [2.75, 3.05) is 0 Å². The third-order valence-electron chi connectivity index (χ3n) is 2.87. The number of nitrogens with zero attached hydrogens (tertiary/aromatic N) is 2. The molecule has 1 amide bonds. The first-order chi connectivity index (χ1) is 8.08. The summed E-state index contributed by atoms with van der Waals surface area (Å²) in [4.78, 5) is 14.8. The lowest BCUT2D eigenvalue weighted by molar-refractivity contribution is 0.0876. The Balaban J connectivity index is 2.21. The average molecular weight is 237 g/mol. The molecule has 0 aromatic carbocycles. The second kappa shape index (κ2) is 4.09. The minimum absolute atomic E-state index is 0.431. The van der Waals surface area contributed by atoms with Gasteiger partial charge in [-0.2, -0.15) is 9.65 Å². The molecule has 1 N–H and O–H groups in total. The molecule has 1 aromatic rings. The SMILES string of the molecule is N#CC1(NC(=O)c2ccnc(F)c2F)CCC1. The van der Waals surface area contributed by atoms with Crippen LogP contribution >= 0.6 is 0 Å². The van der Waals surface area contributed by atoms with Gasteiger partial charge in [0.15, 0.2) is 5.82 Å². The Morgan fingerprint density at radius 3 is 2.76 bits per heavy atom. The fraction of sp³-hybridized carbons (Fsp3) is 0.364. The van der Waals surface area contributed by atoms with E-state index in [4.69, 9.17) is 5.26 Å². The second-order valence-electron chi connectivity index (χ2n) is 3.96. The van der Waals surface area contributed by atoms with Crippen molar-refractivity contribution in [1.82, 2.24) is 10.3 Å². The number of nitrogens with one attached hydrogen (secondary N) is 1. The van der Waals surface area contributed by atoms with Crippen LogP contribution in [0.15, 0.2) is 12.3 Å². The van der Waals surface area contributed by atoms with Crippen LogP contribution in [0.4, 0.5) is 8.78 Å². The van der Waals surface area contributed by atoms with E-state index in [1.165, 1.54) is 0 Å². The van der Waals surface area contributed by atoms with E-state index >= 15 is 0 Å². The smallest absolute Gasteiger partial charge is 0.255 e. The lowest BCUT2D eigenvalue weighted by Gasteiger charge is -2.35. The van der Waals surface area contributed by atoms with Gasteiger partial charge in [-0.05, 0) is 25.3 Å². The highest BCUT2D eigenvalue weighted by atomic mass is 19.2. The van der Waals surface area contributed by atoms with E-state index in [0.29, 0.717) is 12.8 Å². The summed E-state index contributed by atoms with van der Waals surface area (Å²) in [6, 6.07) is 3.07. The highest BCUT2D eigenvalue weighted by molar-refractivity contribution is 5.95. The third-order valence-corrected chi connectivity index (χ3v) is 2.87. The minimum atomic E-state index is -1.32. The summed E-state index contributed by atoms with van der Waals surface area (Å²) >= 11 is 0. The van der Waals surface area contributed by atoms with Crippen LogP contribution in [0, 0.1) is 23.1 Å². The minimum Gasteiger partial charge on any atom is -0.334 e. The fourth-order valence-corrected chi connectivity index (χ4v) is 1.67. The number of nitriles is 1. The topological polar surface area (TPSA) is 65.8 Å². The molecule has 0 bridgehead atoms. The van der Waals surface area contributed by atoms with Gasteiger partial charge in [0.1, 0.15) is 5.54 Å². The number of halogens is 2. The van der Waals surface area contributed by atoms with Crippen molar-refractivity contribution in [2.24, 2.45) is 0 Å². The molecule has 1 fully saturated rings. The summed E-state index contributed by atoms with van der Waals surface area (Å²) in [6.45, 7) is 0. The molecule has 0 unspecified atom stereocenters. The van der Waals surface area contributed by atoms with Crippen LogP contribution in [0.1, 0.15) is 29.6 Å². The van der Waals surface area contributed by atoms with Gasteiger partial charge in [-0.3, -0.25) is 4.79 Å². The van der Waals surface area contributed by atoms with Crippen LogP contribution in [0.2, 0.25) is 0 Å². The van der Waals surface area contributed by atoms with Crippen LogP contribution < -0.4 is 5.32 Å². The van der Waals surface area contributed by atoms with Gasteiger partial charge in [0, 0.05) is 6.20 Å². The predicted molar refractivity (Wildman–Crippen MR) is 53.8 cm³/mol. The van der Waals surface area contributed by atoms with E-state index in [-0.39, 0.29) is 0 Å². The molecule has 17 heavy (non-hydrogen) atoms. The largest absolute Gasteiger partial charge is 0.334 e. The van der Waals surface area contributed by atoms with Gasteiger partial charge in [-0.25, -0.2) is 9.37 Å². The van der Waals surface area contributed by atoms with Crippen molar-refractivity contribution in [3.05, 3.63) is 29.6 Å². The normalized spacial score (nSPS) is 16.8. The second-order valence-corrected chi connectivity index (χ2v) is 3.96. The van der Waals surface area contributed by atoms with Crippen LogP contribution in [0.5, 0.6) is 0 Å². The molecule has 4 nitrogen and oxygen atoms in total. The number of hydrogen-bond donors (Lipinski definition) is 1. The van der Waals surface area contributed by atoms with E-state index < -0.39 is 28.8 Å². The first kappa shape index (κ1) is 11.5. The molecule has 0 aliphatic heterocycles. The van der Waals surface area contributed by atoms with E-state index in [0.717, 1.165) is 18.7 Å². The highest BCUT2D eigenvalue weighted by Crippen LogP contribution is 2.31. The van der Waals surface area contributed by atoms with Gasteiger partial charge in [-0.1, -0.05) is 0 Å². The van der Waals surface area contributed by atoms with Crippen molar-refractivity contribution < 1.29 is 13.6 Å². The van der Waals surface area contributed by atoms with E-state index in [1.807, 2.05) is 6.07 Å². The van der Waals surface area contributed by atoms with Crippen LogP contribution in [-0.4, -0.2) is 16.4 Å². The van der Waals surface area contributed by atoms with Gasteiger partial charge in [-0.15, -0.1) is 0 Å². The number of aromatic nitrogens is 1. The Bertz CT molecular complexity index is 506. The van der Waals surface area contributed by atoms with Crippen LogP contribution in [-0.2, 0) is 0 Å². The summed E-state index contributed by atoms with van der Waals surface area (Å²) in [7, 11) is 0. The molecule has 0 atom stereocenters. The molecule has 0 saturated heterocycles. The summed E-state index contributed by atoms with van der Waals surface area (Å²) in [6.07, 6.45) is 2.91. The summed E-state index contributed by atoms with van der Waals surface area (Å²) in [5.74, 6) is -3.40. The maximum absolute atomic E-state index is 13.3. The van der Waals surface area contributed by atoms with E-state index in [1.54, 1.807) is 0 Å². The molecule has 0 radical (unpaired) electrons. The van der Waals surface area contributed by atoms with Gasteiger partial charge >= 0.3 is 0 Å². The zero-order chi connectivity index (χ0) is 12.5.